The van der Waals surface area contributed by atoms with Gasteiger partial charge in [0.05, 0.1) is 18.4 Å². The molecule has 1 aromatic heterocycles. The Bertz CT molecular complexity index is 424. The molecule has 7 heteroatoms. The summed E-state index contributed by atoms with van der Waals surface area (Å²) in [6, 6.07) is 1.93. The van der Waals surface area contributed by atoms with Crippen LogP contribution in [0.4, 0.5) is 5.82 Å². The molecule has 0 bridgehead atoms. The van der Waals surface area contributed by atoms with Crippen molar-refractivity contribution < 1.29 is 9.94 Å². The predicted molar refractivity (Wildman–Crippen MR) is 73.5 cm³/mol. The number of hydrogen-bond donors (Lipinski definition) is 2. The van der Waals surface area contributed by atoms with E-state index in [1.54, 1.807) is 13.2 Å². The molecule has 1 heterocycles. The number of methoxy groups -OCH3 is 1. The highest BCUT2D eigenvalue weighted by Gasteiger charge is 2.19. The third-order valence-electron chi connectivity index (χ3n) is 3.02. The van der Waals surface area contributed by atoms with E-state index in [4.69, 9.17) is 15.7 Å². The molecule has 0 aliphatic carbocycles. The number of aromatic nitrogens is 2. The zero-order chi connectivity index (χ0) is 14.3. The Labute approximate surface area is 113 Å². The summed E-state index contributed by atoms with van der Waals surface area (Å²) in [5.74, 6) is 0.625. The zero-order valence-electron chi connectivity index (χ0n) is 11.6. The SMILES string of the molecule is CCC(C)N(CCOC)c1nnccc1/C(N)=N/O. The fourth-order valence-corrected chi connectivity index (χ4v) is 1.74. The Morgan fingerprint density at radius 2 is 2.37 bits per heavy atom. The largest absolute Gasteiger partial charge is 0.409 e. The summed E-state index contributed by atoms with van der Waals surface area (Å²) >= 11 is 0. The summed E-state index contributed by atoms with van der Waals surface area (Å²) in [6.07, 6.45) is 2.46. The van der Waals surface area contributed by atoms with Crippen molar-refractivity contribution >= 4 is 11.7 Å². The molecule has 0 aliphatic rings. The van der Waals surface area contributed by atoms with E-state index in [1.807, 2.05) is 4.90 Å². The van der Waals surface area contributed by atoms with Crippen LogP contribution in [0.15, 0.2) is 17.4 Å². The van der Waals surface area contributed by atoms with Crippen molar-refractivity contribution in [3.05, 3.63) is 17.8 Å². The topological polar surface area (TPSA) is 96.9 Å². The maximum atomic E-state index is 8.84. The molecule has 0 fully saturated rings. The molecule has 1 unspecified atom stereocenters. The number of hydrogen-bond acceptors (Lipinski definition) is 6. The van der Waals surface area contributed by atoms with Gasteiger partial charge >= 0.3 is 0 Å². The normalized spacial score (nSPS) is 13.3. The number of oxime groups is 1. The monoisotopic (exact) mass is 267 g/mol. The molecule has 0 saturated heterocycles. The Kier molecular flexibility index (Phi) is 6.01. The minimum Gasteiger partial charge on any atom is -0.409 e. The van der Waals surface area contributed by atoms with E-state index in [2.05, 4.69) is 29.2 Å². The number of nitrogens with two attached hydrogens (primary N) is 1. The second kappa shape index (κ2) is 7.52. The first kappa shape index (κ1) is 15.2. The summed E-state index contributed by atoms with van der Waals surface area (Å²) < 4.78 is 5.11. The quantitative estimate of drug-likeness (QED) is 0.328. The molecule has 1 atom stereocenters. The van der Waals surface area contributed by atoms with Crippen LogP contribution in [0, 0.1) is 0 Å². The summed E-state index contributed by atoms with van der Waals surface area (Å²) in [4.78, 5) is 2.05. The lowest BCUT2D eigenvalue weighted by molar-refractivity contribution is 0.203. The number of rotatable bonds is 7. The Balaban J connectivity index is 3.14. The average molecular weight is 267 g/mol. The van der Waals surface area contributed by atoms with Crippen molar-refractivity contribution in [1.82, 2.24) is 10.2 Å². The van der Waals surface area contributed by atoms with Gasteiger partial charge in [-0.15, -0.1) is 5.10 Å². The molecular weight excluding hydrogens is 246 g/mol. The molecule has 7 nitrogen and oxygen atoms in total. The molecule has 3 N–H and O–H groups in total. The highest BCUT2D eigenvalue weighted by Crippen LogP contribution is 2.19. The Hall–Kier alpha value is -1.89. The zero-order valence-corrected chi connectivity index (χ0v) is 11.6. The van der Waals surface area contributed by atoms with Crippen LogP contribution in [0.25, 0.3) is 0 Å². The molecule has 0 radical (unpaired) electrons. The van der Waals surface area contributed by atoms with E-state index in [1.165, 1.54) is 6.20 Å². The van der Waals surface area contributed by atoms with Crippen molar-refractivity contribution in [1.29, 1.82) is 0 Å². The molecule has 106 valence electrons. The first-order valence-electron chi connectivity index (χ1n) is 6.20. The average Bonchev–Trinajstić information content (AvgIpc) is 2.46. The summed E-state index contributed by atoms with van der Waals surface area (Å²) in [5, 5.41) is 19.9. The van der Waals surface area contributed by atoms with Gasteiger partial charge in [0.15, 0.2) is 11.7 Å². The van der Waals surface area contributed by atoms with Crippen molar-refractivity contribution in [2.45, 2.75) is 26.3 Å². The fourth-order valence-electron chi connectivity index (χ4n) is 1.74. The van der Waals surface area contributed by atoms with Gasteiger partial charge in [0, 0.05) is 19.7 Å². The van der Waals surface area contributed by atoms with Crippen LogP contribution < -0.4 is 10.6 Å². The smallest absolute Gasteiger partial charge is 0.173 e. The van der Waals surface area contributed by atoms with Gasteiger partial charge in [-0.1, -0.05) is 12.1 Å². The minimum absolute atomic E-state index is 0.0237. The van der Waals surface area contributed by atoms with Crippen molar-refractivity contribution in [3.63, 3.8) is 0 Å². The second-order valence-electron chi connectivity index (χ2n) is 4.20. The lowest BCUT2D eigenvalue weighted by atomic mass is 10.1. The van der Waals surface area contributed by atoms with Gasteiger partial charge in [0.2, 0.25) is 0 Å². The van der Waals surface area contributed by atoms with Crippen LogP contribution >= 0.6 is 0 Å². The summed E-state index contributed by atoms with van der Waals surface area (Å²) in [6.45, 7) is 5.40. The molecule has 0 aromatic carbocycles. The van der Waals surface area contributed by atoms with Crippen molar-refractivity contribution in [2.75, 3.05) is 25.2 Å². The Morgan fingerprint density at radius 1 is 1.63 bits per heavy atom. The highest BCUT2D eigenvalue weighted by molar-refractivity contribution is 6.01. The molecule has 0 spiro atoms. The minimum atomic E-state index is 0.0237. The van der Waals surface area contributed by atoms with Crippen LogP contribution in [0.5, 0.6) is 0 Å². The first-order chi connectivity index (χ1) is 9.15. The molecule has 0 amide bonds. The lowest BCUT2D eigenvalue weighted by Crippen LogP contribution is -2.38. The lowest BCUT2D eigenvalue weighted by Gasteiger charge is -2.30. The number of ether oxygens (including phenoxy) is 1. The fraction of sp³-hybridized carbons (Fsp3) is 0.583. The van der Waals surface area contributed by atoms with Gasteiger partial charge in [0.1, 0.15) is 0 Å². The van der Waals surface area contributed by atoms with Gasteiger partial charge in [-0.2, -0.15) is 5.10 Å². The second-order valence-corrected chi connectivity index (χ2v) is 4.20. The van der Waals surface area contributed by atoms with E-state index in [-0.39, 0.29) is 11.9 Å². The molecule has 0 aliphatic heterocycles. The van der Waals surface area contributed by atoms with E-state index in [9.17, 15) is 0 Å². The van der Waals surface area contributed by atoms with Crippen LogP contribution in [0.2, 0.25) is 0 Å². The van der Waals surface area contributed by atoms with Crippen LogP contribution in [0.3, 0.4) is 0 Å². The van der Waals surface area contributed by atoms with Gasteiger partial charge in [-0.3, -0.25) is 0 Å². The van der Waals surface area contributed by atoms with E-state index in [0.29, 0.717) is 24.5 Å². The van der Waals surface area contributed by atoms with Crippen LogP contribution in [0.1, 0.15) is 25.8 Å². The maximum Gasteiger partial charge on any atom is 0.173 e. The highest BCUT2D eigenvalue weighted by atomic mass is 16.5. The standard InChI is InChI=1S/C12H21N5O2/c1-4-9(2)17(7-8-19-3)12-10(11(13)16-18)5-6-14-15-12/h5-6,9,18H,4,7-8H2,1-3H3,(H2,13,16). The molecule has 1 aromatic rings. The number of amidine groups is 1. The van der Waals surface area contributed by atoms with Gasteiger partial charge in [-0.05, 0) is 19.4 Å². The molecule has 0 saturated carbocycles. The first-order valence-corrected chi connectivity index (χ1v) is 6.20. The van der Waals surface area contributed by atoms with Crippen molar-refractivity contribution in [2.24, 2.45) is 10.9 Å². The van der Waals surface area contributed by atoms with Gasteiger partial charge < -0.3 is 20.6 Å². The van der Waals surface area contributed by atoms with Crippen molar-refractivity contribution in [3.8, 4) is 0 Å². The van der Waals surface area contributed by atoms with E-state index >= 15 is 0 Å². The third-order valence-corrected chi connectivity index (χ3v) is 3.02. The summed E-state index contributed by atoms with van der Waals surface area (Å²) in [5.41, 5.74) is 6.24. The molecule has 19 heavy (non-hydrogen) atoms. The van der Waals surface area contributed by atoms with Crippen LogP contribution in [-0.4, -0.2) is 47.5 Å². The number of anilines is 1. The van der Waals surface area contributed by atoms with E-state index < -0.39 is 0 Å². The van der Waals surface area contributed by atoms with Gasteiger partial charge in [0.25, 0.3) is 0 Å². The predicted octanol–water partition coefficient (Wildman–Crippen LogP) is 0.822. The Morgan fingerprint density at radius 3 is 2.95 bits per heavy atom. The maximum absolute atomic E-state index is 8.84. The third kappa shape index (κ3) is 3.78. The number of nitrogens with zero attached hydrogens (tertiary/aromatic N) is 4. The van der Waals surface area contributed by atoms with Gasteiger partial charge in [-0.25, -0.2) is 0 Å². The van der Waals surface area contributed by atoms with E-state index in [0.717, 1.165) is 6.42 Å². The molecule has 1 rings (SSSR count). The molecular formula is C12H21N5O2. The van der Waals surface area contributed by atoms with Crippen LogP contribution in [-0.2, 0) is 4.74 Å². The summed E-state index contributed by atoms with van der Waals surface area (Å²) in [7, 11) is 1.65.